The number of rotatable bonds is 4. The average molecular weight is 242 g/mol. The van der Waals surface area contributed by atoms with Crippen LogP contribution in [0.4, 0.5) is 0 Å². The molecule has 2 amide bonds. The molecule has 7 nitrogen and oxygen atoms in total. The molecular weight excluding hydrogens is 224 g/mol. The van der Waals surface area contributed by atoms with Crippen molar-refractivity contribution in [2.75, 3.05) is 20.6 Å². The summed E-state index contributed by atoms with van der Waals surface area (Å²) in [6.07, 6.45) is 1.97. The second-order valence-corrected chi connectivity index (χ2v) is 4.26. The number of nitrogens with one attached hydrogen (secondary N) is 1. The predicted octanol–water partition coefficient (Wildman–Crippen LogP) is -0.892. The molecule has 0 radical (unpaired) electrons. The highest BCUT2D eigenvalue weighted by Crippen LogP contribution is 2.42. The molecule has 1 rings (SSSR count). The first kappa shape index (κ1) is 13.3. The van der Waals surface area contributed by atoms with Gasteiger partial charge in [0.2, 0.25) is 11.8 Å². The van der Waals surface area contributed by atoms with Crippen molar-refractivity contribution in [2.45, 2.75) is 19.3 Å². The van der Waals surface area contributed by atoms with Gasteiger partial charge in [0, 0.05) is 14.1 Å². The first-order valence-electron chi connectivity index (χ1n) is 5.42. The first-order chi connectivity index (χ1) is 7.97. The van der Waals surface area contributed by atoms with Crippen LogP contribution in [0.15, 0.2) is 5.16 Å². The highest BCUT2D eigenvalue weighted by molar-refractivity contribution is 6.08. The van der Waals surface area contributed by atoms with E-state index in [0.29, 0.717) is 12.8 Å². The molecule has 0 spiro atoms. The first-order valence-corrected chi connectivity index (χ1v) is 5.42. The maximum atomic E-state index is 12.2. The summed E-state index contributed by atoms with van der Waals surface area (Å²) in [7, 11) is 3.03. The van der Waals surface area contributed by atoms with Crippen molar-refractivity contribution in [1.82, 2.24) is 10.2 Å². The molecule has 4 N–H and O–H groups in total. The number of likely N-dealkylation sites (N-methyl/N-ethyl adjacent to an activating group) is 2. The Balaban J connectivity index is 2.77. The lowest BCUT2D eigenvalue weighted by Crippen LogP contribution is -2.55. The Morgan fingerprint density at radius 2 is 2.12 bits per heavy atom. The van der Waals surface area contributed by atoms with Gasteiger partial charge in [-0.2, -0.15) is 0 Å². The number of nitrogens with two attached hydrogens (primary N) is 1. The summed E-state index contributed by atoms with van der Waals surface area (Å²) in [5.74, 6) is -0.602. The van der Waals surface area contributed by atoms with Crippen molar-refractivity contribution in [2.24, 2.45) is 16.3 Å². The Hall–Kier alpha value is -1.79. The van der Waals surface area contributed by atoms with Crippen LogP contribution >= 0.6 is 0 Å². The number of nitrogens with zero attached hydrogens (tertiary/aromatic N) is 2. The van der Waals surface area contributed by atoms with Crippen LogP contribution in [0.2, 0.25) is 0 Å². The Labute approximate surface area is 99.6 Å². The minimum Gasteiger partial charge on any atom is -0.409 e. The minimum absolute atomic E-state index is 0.0320. The average Bonchev–Trinajstić information content (AvgIpc) is 2.26. The number of oxime groups is 1. The molecule has 1 saturated carbocycles. The topological polar surface area (TPSA) is 108 Å². The maximum absolute atomic E-state index is 12.2. The van der Waals surface area contributed by atoms with Crippen molar-refractivity contribution in [3.8, 4) is 0 Å². The fourth-order valence-electron chi connectivity index (χ4n) is 1.94. The molecule has 0 heterocycles. The van der Waals surface area contributed by atoms with Crippen molar-refractivity contribution in [3.63, 3.8) is 0 Å². The van der Waals surface area contributed by atoms with Gasteiger partial charge >= 0.3 is 0 Å². The third-order valence-electron chi connectivity index (χ3n) is 3.22. The third-order valence-corrected chi connectivity index (χ3v) is 3.22. The monoisotopic (exact) mass is 242 g/mol. The van der Waals surface area contributed by atoms with Gasteiger partial charge in [-0.3, -0.25) is 9.59 Å². The quantitative estimate of drug-likeness (QED) is 0.257. The highest BCUT2D eigenvalue weighted by atomic mass is 16.4. The van der Waals surface area contributed by atoms with E-state index in [0.717, 1.165) is 6.42 Å². The summed E-state index contributed by atoms with van der Waals surface area (Å²) >= 11 is 0. The van der Waals surface area contributed by atoms with Crippen LogP contribution in [-0.2, 0) is 9.59 Å². The van der Waals surface area contributed by atoms with Gasteiger partial charge < -0.3 is 21.2 Å². The summed E-state index contributed by atoms with van der Waals surface area (Å²) in [4.78, 5) is 24.7. The third kappa shape index (κ3) is 2.32. The van der Waals surface area contributed by atoms with E-state index in [-0.39, 0.29) is 24.2 Å². The van der Waals surface area contributed by atoms with Gasteiger partial charge in [0.1, 0.15) is 5.41 Å². The van der Waals surface area contributed by atoms with Gasteiger partial charge in [-0.25, -0.2) is 0 Å². The molecule has 0 aromatic carbocycles. The zero-order chi connectivity index (χ0) is 13.1. The van der Waals surface area contributed by atoms with Gasteiger partial charge in [-0.15, -0.1) is 0 Å². The van der Waals surface area contributed by atoms with E-state index in [4.69, 9.17) is 10.9 Å². The molecule has 17 heavy (non-hydrogen) atoms. The van der Waals surface area contributed by atoms with E-state index >= 15 is 0 Å². The lowest BCUT2D eigenvalue weighted by Gasteiger charge is -2.41. The van der Waals surface area contributed by atoms with Crippen LogP contribution < -0.4 is 11.1 Å². The molecule has 0 unspecified atom stereocenters. The van der Waals surface area contributed by atoms with Gasteiger partial charge in [0.15, 0.2) is 5.84 Å². The van der Waals surface area contributed by atoms with Gasteiger partial charge in [-0.05, 0) is 12.8 Å². The molecule has 1 aliphatic carbocycles. The molecule has 96 valence electrons. The molecule has 0 aliphatic heterocycles. The van der Waals surface area contributed by atoms with Crippen molar-refractivity contribution in [1.29, 1.82) is 0 Å². The fraction of sp³-hybridized carbons (Fsp3) is 0.700. The summed E-state index contributed by atoms with van der Waals surface area (Å²) in [6.45, 7) is -0.0320. The van der Waals surface area contributed by atoms with Crippen LogP contribution in [0, 0.1) is 5.41 Å². The normalized spacial score (nSPS) is 18.1. The molecular formula is C10H18N4O3. The second-order valence-electron chi connectivity index (χ2n) is 4.26. The number of amides is 2. The summed E-state index contributed by atoms with van der Waals surface area (Å²) in [6, 6.07) is 0. The van der Waals surface area contributed by atoms with Crippen molar-refractivity contribution < 1.29 is 14.8 Å². The van der Waals surface area contributed by atoms with Gasteiger partial charge in [0.05, 0.1) is 6.54 Å². The second kappa shape index (κ2) is 5.03. The van der Waals surface area contributed by atoms with E-state index < -0.39 is 5.41 Å². The Morgan fingerprint density at radius 3 is 2.47 bits per heavy atom. The Morgan fingerprint density at radius 1 is 1.53 bits per heavy atom. The summed E-state index contributed by atoms with van der Waals surface area (Å²) in [5.41, 5.74) is 4.65. The van der Waals surface area contributed by atoms with E-state index in [1.165, 1.54) is 19.0 Å². The molecule has 0 aromatic rings. The number of hydrogen-bond acceptors (Lipinski definition) is 4. The summed E-state index contributed by atoms with van der Waals surface area (Å²) in [5, 5.41) is 14.1. The molecule has 0 atom stereocenters. The predicted molar refractivity (Wildman–Crippen MR) is 61.4 cm³/mol. The smallest absolute Gasteiger partial charge is 0.239 e. The Kier molecular flexibility index (Phi) is 3.93. The summed E-state index contributed by atoms with van der Waals surface area (Å²) < 4.78 is 0. The van der Waals surface area contributed by atoms with Gasteiger partial charge in [-0.1, -0.05) is 11.6 Å². The van der Waals surface area contributed by atoms with Crippen LogP contribution in [0.5, 0.6) is 0 Å². The Bertz CT molecular complexity index is 349. The van der Waals surface area contributed by atoms with E-state index in [1.807, 2.05) is 0 Å². The van der Waals surface area contributed by atoms with E-state index in [2.05, 4.69) is 10.5 Å². The molecule has 1 fully saturated rings. The largest absolute Gasteiger partial charge is 0.409 e. The molecule has 0 aromatic heterocycles. The molecule has 1 aliphatic rings. The van der Waals surface area contributed by atoms with Crippen LogP contribution in [0.3, 0.4) is 0 Å². The van der Waals surface area contributed by atoms with Crippen LogP contribution in [0.25, 0.3) is 0 Å². The minimum atomic E-state index is -0.919. The highest BCUT2D eigenvalue weighted by Gasteiger charge is 2.49. The van der Waals surface area contributed by atoms with E-state index in [9.17, 15) is 9.59 Å². The van der Waals surface area contributed by atoms with Crippen molar-refractivity contribution in [3.05, 3.63) is 0 Å². The maximum Gasteiger partial charge on any atom is 0.239 e. The van der Waals surface area contributed by atoms with Crippen LogP contribution in [-0.4, -0.2) is 48.4 Å². The lowest BCUT2D eigenvalue weighted by molar-refractivity contribution is -0.143. The standard InChI is InChI=1S/C10H18N4O3/c1-12-7(15)6-14(2)9(16)10(4-3-5-10)8(11)13-17/h17H,3-6H2,1-2H3,(H2,11,13)(H,12,15). The van der Waals surface area contributed by atoms with E-state index in [1.54, 1.807) is 0 Å². The zero-order valence-corrected chi connectivity index (χ0v) is 10.1. The number of hydrogen-bond donors (Lipinski definition) is 3. The number of amidine groups is 1. The number of carbonyl (C=O) groups is 2. The van der Waals surface area contributed by atoms with Gasteiger partial charge in [0.25, 0.3) is 0 Å². The molecule has 7 heteroatoms. The molecule has 0 bridgehead atoms. The lowest BCUT2D eigenvalue weighted by atomic mass is 9.67. The zero-order valence-electron chi connectivity index (χ0n) is 10.1. The molecule has 0 saturated heterocycles. The SMILES string of the molecule is CNC(=O)CN(C)C(=O)C1(C(N)=NO)CCC1. The van der Waals surface area contributed by atoms with Crippen LogP contribution in [0.1, 0.15) is 19.3 Å². The van der Waals surface area contributed by atoms with Crippen molar-refractivity contribution >= 4 is 17.6 Å². The number of carbonyl (C=O) groups excluding carboxylic acids is 2. The fourth-order valence-corrected chi connectivity index (χ4v) is 1.94.